The van der Waals surface area contributed by atoms with Gasteiger partial charge in [0.2, 0.25) is 0 Å². The maximum absolute atomic E-state index is 3.67. The average molecular weight is 282 g/mol. The van der Waals surface area contributed by atoms with Crippen molar-refractivity contribution < 1.29 is 0 Å². The maximum Gasteiger partial charge on any atom is 0.0210 e. The van der Waals surface area contributed by atoms with Crippen LogP contribution in [0, 0.1) is 5.92 Å². The first-order valence-electron chi connectivity index (χ1n) is 6.16. The molecule has 1 atom stereocenters. The molecule has 0 fully saturated rings. The van der Waals surface area contributed by atoms with Gasteiger partial charge >= 0.3 is 0 Å². The summed E-state index contributed by atoms with van der Waals surface area (Å²) in [5, 5.41) is 3.55. The summed E-state index contributed by atoms with van der Waals surface area (Å²) in [6.45, 7) is 5.58. The van der Waals surface area contributed by atoms with Crippen LogP contribution in [0.4, 0.5) is 0 Å². The minimum Gasteiger partial charge on any atom is -0.314 e. The lowest BCUT2D eigenvalue weighted by Crippen LogP contribution is -2.31. The number of hydrogen-bond acceptors (Lipinski definition) is 1. The largest absolute Gasteiger partial charge is 0.314 e. The molecular weight excluding hydrogens is 262 g/mol. The van der Waals surface area contributed by atoms with E-state index in [9.17, 15) is 0 Å². The fourth-order valence-corrected chi connectivity index (χ4v) is 2.96. The molecular formula is C14H20BrN. The van der Waals surface area contributed by atoms with Gasteiger partial charge in [-0.3, -0.25) is 0 Å². The van der Waals surface area contributed by atoms with Gasteiger partial charge in [0, 0.05) is 10.5 Å². The monoisotopic (exact) mass is 281 g/mol. The van der Waals surface area contributed by atoms with Crippen LogP contribution in [-0.2, 0) is 12.8 Å². The molecule has 0 saturated carbocycles. The summed E-state index contributed by atoms with van der Waals surface area (Å²) in [5.41, 5.74) is 3.07. The fraction of sp³-hybridized carbons (Fsp3) is 0.571. The molecule has 16 heavy (non-hydrogen) atoms. The van der Waals surface area contributed by atoms with Crippen molar-refractivity contribution in [1.29, 1.82) is 0 Å². The Balaban J connectivity index is 2.03. The zero-order chi connectivity index (χ0) is 11.5. The van der Waals surface area contributed by atoms with Crippen molar-refractivity contribution >= 4 is 15.9 Å². The smallest absolute Gasteiger partial charge is 0.0210 e. The SMILES string of the molecule is CC(C)NCC1CCc2cccc(Br)c2C1. The van der Waals surface area contributed by atoms with E-state index in [1.165, 1.54) is 34.9 Å². The second-order valence-corrected chi connectivity index (χ2v) is 5.90. The summed E-state index contributed by atoms with van der Waals surface area (Å²) >= 11 is 3.67. The minimum atomic E-state index is 0.598. The van der Waals surface area contributed by atoms with Crippen molar-refractivity contribution in [2.45, 2.75) is 39.2 Å². The molecule has 0 radical (unpaired) electrons. The Morgan fingerprint density at radius 2 is 2.25 bits per heavy atom. The van der Waals surface area contributed by atoms with Gasteiger partial charge in [0.05, 0.1) is 0 Å². The standard InChI is InChI=1S/C14H20BrN/c1-10(2)16-9-11-6-7-12-4-3-5-14(15)13(12)8-11/h3-5,10-11,16H,6-9H2,1-2H3. The van der Waals surface area contributed by atoms with Crippen LogP contribution in [0.1, 0.15) is 31.4 Å². The Labute approximate surface area is 107 Å². The predicted octanol–water partition coefficient (Wildman–Crippen LogP) is 3.55. The Morgan fingerprint density at radius 3 is 3.00 bits per heavy atom. The van der Waals surface area contributed by atoms with Crippen molar-refractivity contribution in [1.82, 2.24) is 5.32 Å². The van der Waals surface area contributed by atoms with Gasteiger partial charge in [0.25, 0.3) is 0 Å². The fourth-order valence-electron chi connectivity index (χ4n) is 2.39. The molecule has 0 saturated heterocycles. The predicted molar refractivity (Wildman–Crippen MR) is 72.8 cm³/mol. The van der Waals surface area contributed by atoms with Gasteiger partial charge in [-0.15, -0.1) is 0 Å². The van der Waals surface area contributed by atoms with Gasteiger partial charge in [-0.05, 0) is 48.9 Å². The van der Waals surface area contributed by atoms with Crippen LogP contribution in [-0.4, -0.2) is 12.6 Å². The molecule has 88 valence electrons. The van der Waals surface area contributed by atoms with E-state index >= 15 is 0 Å². The van der Waals surface area contributed by atoms with E-state index in [1.807, 2.05) is 0 Å². The van der Waals surface area contributed by atoms with E-state index in [0.717, 1.165) is 12.5 Å². The zero-order valence-electron chi connectivity index (χ0n) is 10.1. The summed E-state index contributed by atoms with van der Waals surface area (Å²) in [4.78, 5) is 0. The number of hydrogen-bond donors (Lipinski definition) is 1. The molecule has 0 amide bonds. The number of fused-ring (bicyclic) bond motifs is 1. The van der Waals surface area contributed by atoms with E-state index < -0.39 is 0 Å². The van der Waals surface area contributed by atoms with Gasteiger partial charge in [-0.1, -0.05) is 41.9 Å². The summed E-state index contributed by atoms with van der Waals surface area (Å²) < 4.78 is 1.29. The molecule has 1 aromatic carbocycles. The van der Waals surface area contributed by atoms with Gasteiger partial charge in [0.1, 0.15) is 0 Å². The average Bonchev–Trinajstić information content (AvgIpc) is 2.27. The topological polar surface area (TPSA) is 12.0 Å². The van der Waals surface area contributed by atoms with E-state index in [1.54, 1.807) is 0 Å². The molecule has 2 rings (SSSR count). The van der Waals surface area contributed by atoms with Crippen molar-refractivity contribution in [2.75, 3.05) is 6.54 Å². The van der Waals surface area contributed by atoms with E-state index in [0.29, 0.717) is 6.04 Å². The second-order valence-electron chi connectivity index (χ2n) is 5.05. The second kappa shape index (κ2) is 5.33. The maximum atomic E-state index is 3.67. The molecule has 1 nitrogen and oxygen atoms in total. The third kappa shape index (κ3) is 2.86. The molecule has 1 aliphatic rings. The summed E-state index contributed by atoms with van der Waals surface area (Å²) in [6, 6.07) is 7.18. The summed E-state index contributed by atoms with van der Waals surface area (Å²) in [5.74, 6) is 0.800. The minimum absolute atomic E-state index is 0.598. The first-order chi connectivity index (χ1) is 7.66. The van der Waals surface area contributed by atoms with Crippen LogP contribution in [0.2, 0.25) is 0 Å². The first kappa shape index (κ1) is 12.1. The lowest BCUT2D eigenvalue weighted by molar-refractivity contribution is 0.406. The van der Waals surface area contributed by atoms with Crippen LogP contribution < -0.4 is 5.32 Å². The number of halogens is 1. The Bertz CT molecular complexity index is 360. The number of rotatable bonds is 3. The zero-order valence-corrected chi connectivity index (χ0v) is 11.7. The van der Waals surface area contributed by atoms with Gasteiger partial charge in [0.15, 0.2) is 0 Å². The molecule has 0 aromatic heterocycles. The van der Waals surface area contributed by atoms with Crippen molar-refractivity contribution in [3.8, 4) is 0 Å². The van der Waals surface area contributed by atoms with Crippen molar-refractivity contribution in [2.24, 2.45) is 5.92 Å². The third-order valence-corrected chi connectivity index (χ3v) is 4.09. The van der Waals surface area contributed by atoms with E-state index in [2.05, 4.69) is 53.3 Å². The quantitative estimate of drug-likeness (QED) is 0.894. The van der Waals surface area contributed by atoms with Crippen LogP contribution in [0.3, 0.4) is 0 Å². The number of nitrogens with one attached hydrogen (secondary N) is 1. The molecule has 1 unspecified atom stereocenters. The lowest BCUT2D eigenvalue weighted by Gasteiger charge is -2.26. The van der Waals surface area contributed by atoms with E-state index in [4.69, 9.17) is 0 Å². The van der Waals surface area contributed by atoms with Crippen LogP contribution >= 0.6 is 15.9 Å². The lowest BCUT2D eigenvalue weighted by atomic mass is 9.84. The van der Waals surface area contributed by atoms with Crippen LogP contribution in [0.25, 0.3) is 0 Å². The first-order valence-corrected chi connectivity index (χ1v) is 6.95. The molecule has 0 heterocycles. The molecule has 0 spiro atoms. The normalized spacial score (nSPS) is 19.9. The Morgan fingerprint density at radius 1 is 1.44 bits per heavy atom. The highest BCUT2D eigenvalue weighted by atomic mass is 79.9. The van der Waals surface area contributed by atoms with Crippen LogP contribution in [0.15, 0.2) is 22.7 Å². The molecule has 1 aliphatic carbocycles. The molecule has 1 aromatic rings. The summed E-state index contributed by atoms with van der Waals surface area (Å²) in [6.07, 6.45) is 3.78. The number of benzene rings is 1. The number of aryl methyl sites for hydroxylation is 1. The van der Waals surface area contributed by atoms with Crippen molar-refractivity contribution in [3.63, 3.8) is 0 Å². The van der Waals surface area contributed by atoms with E-state index in [-0.39, 0.29) is 0 Å². The van der Waals surface area contributed by atoms with Gasteiger partial charge < -0.3 is 5.32 Å². The highest BCUT2D eigenvalue weighted by Gasteiger charge is 2.20. The molecule has 0 aliphatic heterocycles. The molecule has 0 bridgehead atoms. The van der Waals surface area contributed by atoms with Gasteiger partial charge in [-0.2, -0.15) is 0 Å². The highest BCUT2D eigenvalue weighted by Crippen LogP contribution is 2.30. The third-order valence-electron chi connectivity index (χ3n) is 3.35. The Kier molecular flexibility index (Phi) is 4.04. The highest BCUT2D eigenvalue weighted by molar-refractivity contribution is 9.10. The summed E-state index contributed by atoms with van der Waals surface area (Å²) in [7, 11) is 0. The Hall–Kier alpha value is -0.340. The molecule has 2 heteroatoms. The van der Waals surface area contributed by atoms with Crippen LogP contribution in [0.5, 0.6) is 0 Å². The van der Waals surface area contributed by atoms with Crippen molar-refractivity contribution in [3.05, 3.63) is 33.8 Å². The van der Waals surface area contributed by atoms with Gasteiger partial charge in [-0.25, -0.2) is 0 Å². The molecule has 1 N–H and O–H groups in total.